The standard InChI is InChI=1S/C15H14N6O/c1-11-7-19-21(9-11)15-6-14(16-10-17-15)20-18-8-12-4-2-3-5-13(12)22/h2-10,22H,1H3,(H,16,17,20)/b18-8-. The fourth-order valence-corrected chi connectivity index (χ4v) is 1.84. The number of aryl methyl sites for hydroxylation is 1. The number of nitrogens with zero attached hydrogens (tertiary/aromatic N) is 5. The summed E-state index contributed by atoms with van der Waals surface area (Å²) >= 11 is 0. The highest BCUT2D eigenvalue weighted by Gasteiger charge is 2.02. The SMILES string of the molecule is Cc1cnn(-c2cc(N/N=C\c3ccccc3O)ncn2)c1. The lowest BCUT2D eigenvalue weighted by molar-refractivity contribution is 0.474. The average Bonchev–Trinajstić information content (AvgIpc) is 2.96. The third-order valence-corrected chi connectivity index (χ3v) is 2.92. The average molecular weight is 294 g/mol. The summed E-state index contributed by atoms with van der Waals surface area (Å²) in [6.45, 7) is 1.96. The van der Waals surface area contributed by atoms with Crippen molar-refractivity contribution in [3.05, 3.63) is 60.2 Å². The molecule has 3 rings (SSSR count). The Kier molecular flexibility index (Phi) is 3.78. The van der Waals surface area contributed by atoms with E-state index in [0.29, 0.717) is 17.2 Å². The first kappa shape index (κ1) is 13.7. The molecule has 2 aromatic heterocycles. The summed E-state index contributed by atoms with van der Waals surface area (Å²) in [5.41, 5.74) is 4.47. The molecule has 0 fully saturated rings. The van der Waals surface area contributed by atoms with Crippen molar-refractivity contribution in [2.75, 3.05) is 5.43 Å². The molecule has 0 aliphatic rings. The quantitative estimate of drug-likeness (QED) is 0.568. The molecule has 3 aromatic rings. The van der Waals surface area contributed by atoms with Gasteiger partial charge in [0.2, 0.25) is 0 Å². The second-order valence-corrected chi connectivity index (χ2v) is 4.65. The molecule has 0 amide bonds. The van der Waals surface area contributed by atoms with E-state index in [2.05, 4.69) is 25.6 Å². The van der Waals surface area contributed by atoms with Crippen LogP contribution in [0.25, 0.3) is 5.82 Å². The number of rotatable bonds is 4. The van der Waals surface area contributed by atoms with E-state index >= 15 is 0 Å². The van der Waals surface area contributed by atoms with E-state index in [4.69, 9.17) is 0 Å². The van der Waals surface area contributed by atoms with Crippen LogP contribution in [0.15, 0.2) is 54.2 Å². The van der Waals surface area contributed by atoms with E-state index in [1.54, 1.807) is 35.1 Å². The summed E-state index contributed by atoms with van der Waals surface area (Å²) in [6, 6.07) is 8.67. The molecule has 0 saturated carbocycles. The van der Waals surface area contributed by atoms with Gasteiger partial charge < -0.3 is 5.11 Å². The van der Waals surface area contributed by atoms with Crippen molar-refractivity contribution in [2.45, 2.75) is 6.92 Å². The van der Waals surface area contributed by atoms with Crippen LogP contribution in [0.1, 0.15) is 11.1 Å². The predicted octanol–water partition coefficient (Wildman–Crippen LogP) is 2.12. The van der Waals surface area contributed by atoms with Gasteiger partial charge >= 0.3 is 0 Å². The number of nitrogens with one attached hydrogen (secondary N) is 1. The van der Waals surface area contributed by atoms with E-state index in [0.717, 1.165) is 5.56 Å². The number of hydrogen-bond acceptors (Lipinski definition) is 6. The maximum atomic E-state index is 9.65. The zero-order chi connectivity index (χ0) is 15.4. The Morgan fingerprint density at radius 2 is 2.14 bits per heavy atom. The summed E-state index contributed by atoms with van der Waals surface area (Å²) in [7, 11) is 0. The fraction of sp³-hybridized carbons (Fsp3) is 0.0667. The van der Waals surface area contributed by atoms with Crippen LogP contribution in [-0.2, 0) is 0 Å². The molecule has 22 heavy (non-hydrogen) atoms. The molecule has 2 heterocycles. The third-order valence-electron chi connectivity index (χ3n) is 2.92. The Morgan fingerprint density at radius 1 is 1.27 bits per heavy atom. The largest absolute Gasteiger partial charge is 0.507 e. The summed E-state index contributed by atoms with van der Waals surface area (Å²) in [4.78, 5) is 8.25. The van der Waals surface area contributed by atoms with Crippen molar-refractivity contribution in [2.24, 2.45) is 5.10 Å². The van der Waals surface area contributed by atoms with Gasteiger partial charge in [0, 0.05) is 17.8 Å². The predicted molar refractivity (Wildman–Crippen MR) is 83.2 cm³/mol. The fourth-order valence-electron chi connectivity index (χ4n) is 1.84. The highest BCUT2D eigenvalue weighted by Crippen LogP contribution is 2.13. The Bertz CT molecular complexity index is 811. The molecular weight excluding hydrogens is 280 g/mol. The van der Waals surface area contributed by atoms with E-state index in [1.165, 1.54) is 12.5 Å². The van der Waals surface area contributed by atoms with Gasteiger partial charge in [-0.3, -0.25) is 5.43 Å². The molecule has 0 atom stereocenters. The normalized spacial score (nSPS) is 11.0. The van der Waals surface area contributed by atoms with Crippen LogP contribution >= 0.6 is 0 Å². The van der Waals surface area contributed by atoms with Gasteiger partial charge in [-0.2, -0.15) is 10.2 Å². The van der Waals surface area contributed by atoms with Gasteiger partial charge in [-0.15, -0.1) is 0 Å². The Labute approximate surface area is 127 Å². The number of benzene rings is 1. The number of anilines is 1. The first-order chi connectivity index (χ1) is 10.7. The van der Waals surface area contributed by atoms with Crippen molar-refractivity contribution in [1.29, 1.82) is 0 Å². The molecular formula is C15H14N6O. The minimum Gasteiger partial charge on any atom is -0.507 e. The van der Waals surface area contributed by atoms with E-state index in [9.17, 15) is 5.11 Å². The summed E-state index contributed by atoms with van der Waals surface area (Å²) < 4.78 is 1.66. The van der Waals surface area contributed by atoms with E-state index < -0.39 is 0 Å². The Hall–Kier alpha value is -3.22. The second-order valence-electron chi connectivity index (χ2n) is 4.65. The van der Waals surface area contributed by atoms with Crippen LogP contribution in [0, 0.1) is 6.92 Å². The van der Waals surface area contributed by atoms with Gasteiger partial charge in [-0.05, 0) is 24.6 Å². The molecule has 0 unspecified atom stereocenters. The summed E-state index contributed by atoms with van der Waals surface area (Å²) in [5, 5.41) is 17.9. The number of phenols is 1. The molecule has 110 valence electrons. The Morgan fingerprint density at radius 3 is 2.91 bits per heavy atom. The van der Waals surface area contributed by atoms with Crippen LogP contribution in [0.2, 0.25) is 0 Å². The van der Waals surface area contributed by atoms with Crippen LogP contribution in [0.5, 0.6) is 5.75 Å². The molecule has 1 aromatic carbocycles. The molecule has 0 spiro atoms. The molecule has 7 heteroatoms. The van der Waals surface area contributed by atoms with Crippen LogP contribution < -0.4 is 5.43 Å². The number of para-hydroxylation sites is 1. The van der Waals surface area contributed by atoms with Crippen LogP contribution in [-0.4, -0.2) is 31.1 Å². The molecule has 2 N–H and O–H groups in total. The van der Waals surface area contributed by atoms with Crippen molar-refractivity contribution in [3.63, 3.8) is 0 Å². The number of phenolic OH excluding ortho intramolecular Hbond substituents is 1. The van der Waals surface area contributed by atoms with Gasteiger partial charge in [0.15, 0.2) is 11.6 Å². The topological polar surface area (TPSA) is 88.2 Å². The van der Waals surface area contributed by atoms with Crippen molar-refractivity contribution >= 4 is 12.0 Å². The monoisotopic (exact) mass is 294 g/mol. The zero-order valence-corrected chi connectivity index (χ0v) is 11.9. The number of hydrogen-bond donors (Lipinski definition) is 2. The first-order valence-corrected chi connectivity index (χ1v) is 6.63. The minimum absolute atomic E-state index is 0.170. The number of hydrazone groups is 1. The Balaban J connectivity index is 1.75. The summed E-state index contributed by atoms with van der Waals surface area (Å²) in [5.74, 6) is 1.34. The zero-order valence-electron chi connectivity index (χ0n) is 11.9. The number of aromatic hydroxyl groups is 1. The van der Waals surface area contributed by atoms with E-state index in [-0.39, 0.29) is 5.75 Å². The van der Waals surface area contributed by atoms with Gasteiger partial charge in [0.25, 0.3) is 0 Å². The van der Waals surface area contributed by atoms with Crippen molar-refractivity contribution in [3.8, 4) is 11.6 Å². The highest BCUT2D eigenvalue weighted by molar-refractivity contribution is 5.83. The number of aromatic nitrogens is 4. The molecule has 0 radical (unpaired) electrons. The lowest BCUT2D eigenvalue weighted by Crippen LogP contribution is -2.01. The summed E-state index contributed by atoms with van der Waals surface area (Å²) in [6.07, 6.45) is 6.59. The van der Waals surface area contributed by atoms with Crippen molar-refractivity contribution in [1.82, 2.24) is 19.7 Å². The third kappa shape index (κ3) is 3.09. The maximum absolute atomic E-state index is 9.65. The molecule has 7 nitrogen and oxygen atoms in total. The lowest BCUT2D eigenvalue weighted by Gasteiger charge is -2.03. The molecule has 0 bridgehead atoms. The second kappa shape index (κ2) is 6.04. The van der Waals surface area contributed by atoms with Crippen LogP contribution in [0.4, 0.5) is 5.82 Å². The van der Waals surface area contributed by atoms with Crippen LogP contribution in [0.3, 0.4) is 0 Å². The van der Waals surface area contributed by atoms with Crippen molar-refractivity contribution < 1.29 is 5.11 Å². The van der Waals surface area contributed by atoms with Gasteiger partial charge in [0.05, 0.1) is 12.4 Å². The minimum atomic E-state index is 0.170. The molecule has 0 saturated heterocycles. The first-order valence-electron chi connectivity index (χ1n) is 6.63. The lowest BCUT2D eigenvalue weighted by atomic mass is 10.2. The smallest absolute Gasteiger partial charge is 0.158 e. The van der Waals surface area contributed by atoms with Gasteiger partial charge in [-0.1, -0.05) is 12.1 Å². The highest BCUT2D eigenvalue weighted by atomic mass is 16.3. The maximum Gasteiger partial charge on any atom is 0.158 e. The van der Waals surface area contributed by atoms with Gasteiger partial charge in [-0.25, -0.2) is 14.6 Å². The molecule has 0 aliphatic carbocycles. The molecule has 0 aliphatic heterocycles. The van der Waals surface area contributed by atoms with Gasteiger partial charge in [0.1, 0.15) is 12.1 Å². The van der Waals surface area contributed by atoms with E-state index in [1.807, 2.05) is 19.2 Å².